The molecule has 0 aliphatic heterocycles. The summed E-state index contributed by atoms with van der Waals surface area (Å²) >= 11 is 0. The Labute approximate surface area is 72.9 Å². The Balaban J connectivity index is 4.66. The second-order valence-electron chi connectivity index (χ2n) is 2.16. The third-order valence-electron chi connectivity index (χ3n) is 1.19. The molecule has 0 heterocycles. The zero-order valence-corrected chi connectivity index (χ0v) is 7.55. The Hall–Kier alpha value is -0.870. The molecule has 0 rings (SSSR count). The number of rotatable bonds is 5. The summed E-state index contributed by atoms with van der Waals surface area (Å²) in [4.78, 5) is -0.0302. The Morgan fingerprint density at radius 1 is 1.33 bits per heavy atom. The van der Waals surface area contributed by atoms with E-state index in [0.29, 0.717) is 6.42 Å². The first-order valence-electron chi connectivity index (χ1n) is 3.40. The molecule has 0 saturated heterocycles. The molecule has 12 heavy (non-hydrogen) atoms. The summed E-state index contributed by atoms with van der Waals surface area (Å²) in [7, 11) is -4.06. The summed E-state index contributed by atoms with van der Waals surface area (Å²) in [5.74, 6) is 0. The van der Waals surface area contributed by atoms with Gasteiger partial charge >= 0.3 is 0 Å². The van der Waals surface area contributed by atoms with Crippen molar-refractivity contribution in [3.8, 4) is 0 Å². The summed E-state index contributed by atoms with van der Waals surface area (Å²) in [5.41, 5.74) is 0. The molecular formula is C8H12O3S. The molecule has 0 amide bonds. The average molecular weight is 188 g/mol. The predicted molar refractivity (Wildman–Crippen MR) is 49.3 cm³/mol. The van der Waals surface area contributed by atoms with Gasteiger partial charge in [0.05, 0.1) is 4.91 Å². The third-order valence-corrected chi connectivity index (χ3v) is 2.19. The maximum absolute atomic E-state index is 10.6. The van der Waals surface area contributed by atoms with Gasteiger partial charge in [0.1, 0.15) is 0 Å². The zero-order valence-electron chi connectivity index (χ0n) is 6.73. The van der Waals surface area contributed by atoms with Crippen molar-refractivity contribution in [2.24, 2.45) is 0 Å². The van der Waals surface area contributed by atoms with Crippen molar-refractivity contribution < 1.29 is 13.0 Å². The summed E-state index contributed by atoms with van der Waals surface area (Å²) < 4.78 is 29.9. The minimum atomic E-state index is -4.06. The van der Waals surface area contributed by atoms with Crippen LogP contribution in [-0.2, 0) is 10.1 Å². The molecule has 1 N–H and O–H groups in total. The summed E-state index contributed by atoms with van der Waals surface area (Å²) in [6.45, 7) is 6.81. The lowest BCUT2D eigenvalue weighted by atomic mass is 10.3. The molecule has 0 bridgehead atoms. The van der Waals surface area contributed by atoms with Crippen molar-refractivity contribution in [2.75, 3.05) is 0 Å². The van der Waals surface area contributed by atoms with E-state index in [4.69, 9.17) is 4.55 Å². The number of hydrogen-bond acceptors (Lipinski definition) is 2. The van der Waals surface area contributed by atoms with Crippen LogP contribution >= 0.6 is 0 Å². The van der Waals surface area contributed by atoms with Gasteiger partial charge in [0.15, 0.2) is 0 Å². The minimum absolute atomic E-state index is 0.0302. The fourth-order valence-electron chi connectivity index (χ4n) is 0.651. The van der Waals surface area contributed by atoms with Crippen LogP contribution < -0.4 is 0 Å². The fraction of sp³-hybridized carbons (Fsp3) is 0.250. The second-order valence-corrected chi connectivity index (χ2v) is 3.64. The third kappa shape index (κ3) is 4.10. The van der Waals surface area contributed by atoms with Gasteiger partial charge in [-0.05, 0) is 6.42 Å². The van der Waals surface area contributed by atoms with E-state index in [1.54, 1.807) is 6.08 Å². The summed E-state index contributed by atoms with van der Waals surface area (Å²) in [5, 5.41) is 0. The SMILES string of the molecule is C=CC/C=C(/CC=C)S(=O)(=O)O. The lowest BCUT2D eigenvalue weighted by Crippen LogP contribution is -2.00. The van der Waals surface area contributed by atoms with Crippen LogP contribution in [0.3, 0.4) is 0 Å². The Morgan fingerprint density at radius 3 is 2.25 bits per heavy atom. The van der Waals surface area contributed by atoms with Crippen molar-refractivity contribution in [2.45, 2.75) is 12.8 Å². The van der Waals surface area contributed by atoms with E-state index >= 15 is 0 Å². The van der Waals surface area contributed by atoms with Crippen LogP contribution in [0.2, 0.25) is 0 Å². The highest BCUT2D eigenvalue weighted by molar-refractivity contribution is 7.89. The average Bonchev–Trinajstić information content (AvgIpc) is 1.95. The van der Waals surface area contributed by atoms with E-state index in [1.807, 2.05) is 0 Å². The molecule has 0 aliphatic carbocycles. The maximum atomic E-state index is 10.6. The lowest BCUT2D eigenvalue weighted by Gasteiger charge is -1.98. The van der Waals surface area contributed by atoms with Crippen LogP contribution in [0, 0.1) is 0 Å². The largest absolute Gasteiger partial charge is 0.290 e. The van der Waals surface area contributed by atoms with Crippen LogP contribution in [0.1, 0.15) is 12.8 Å². The zero-order chi connectivity index (χ0) is 9.61. The maximum Gasteiger partial charge on any atom is 0.290 e. The monoisotopic (exact) mass is 188 g/mol. The Morgan fingerprint density at radius 2 is 1.92 bits per heavy atom. The quantitative estimate of drug-likeness (QED) is 0.529. The second kappa shape index (κ2) is 4.90. The van der Waals surface area contributed by atoms with E-state index in [1.165, 1.54) is 12.2 Å². The molecule has 0 unspecified atom stereocenters. The summed E-state index contributed by atoms with van der Waals surface area (Å²) in [6, 6.07) is 0. The summed E-state index contributed by atoms with van der Waals surface area (Å²) in [6.07, 6.45) is 4.94. The fourth-order valence-corrected chi connectivity index (χ4v) is 1.29. The van der Waals surface area contributed by atoms with Crippen molar-refractivity contribution in [3.63, 3.8) is 0 Å². The van der Waals surface area contributed by atoms with Crippen molar-refractivity contribution in [3.05, 3.63) is 36.3 Å². The smallest absolute Gasteiger partial charge is 0.282 e. The van der Waals surface area contributed by atoms with Crippen molar-refractivity contribution in [1.29, 1.82) is 0 Å². The molecule has 0 aliphatic rings. The highest BCUT2D eigenvalue weighted by Crippen LogP contribution is 2.10. The van der Waals surface area contributed by atoms with Crippen molar-refractivity contribution in [1.82, 2.24) is 0 Å². The molecule has 0 aromatic rings. The molecule has 0 aromatic carbocycles. The molecule has 0 atom stereocenters. The molecule has 0 spiro atoms. The lowest BCUT2D eigenvalue weighted by molar-refractivity contribution is 0.490. The van der Waals surface area contributed by atoms with Crippen LogP contribution in [0.5, 0.6) is 0 Å². The Kier molecular flexibility index (Phi) is 4.54. The van der Waals surface area contributed by atoms with Gasteiger partial charge in [-0.3, -0.25) is 4.55 Å². The van der Waals surface area contributed by atoms with Crippen molar-refractivity contribution >= 4 is 10.1 Å². The first-order chi connectivity index (χ1) is 5.52. The van der Waals surface area contributed by atoms with Gasteiger partial charge in [0.2, 0.25) is 0 Å². The molecule has 0 aromatic heterocycles. The van der Waals surface area contributed by atoms with Gasteiger partial charge in [0, 0.05) is 6.42 Å². The highest BCUT2D eigenvalue weighted by Gasteiger charge is 2.10. The van der Waals surface area contributed by atoms with E-state index in [9.17, 15) is 8.42 Å². The molecule has 68 valence electrons. The van der Waals surface area contributed by atoms with Gasteiger partial charge in [-0.15, -0.1) is 13.2 Å². The van der Waals surface area contributed by atoms with Gasteiger partial charge in [-0.25, -0.2) is 0 Å². The predicted octanol–water partition coefficient (Wildman–Crippen LogP) is 1.91. The first-order valence-corrected chi connectivity index (χ1v) is 4.84. The normalized spacial score (nSPS) is 12.6. The minimum Gasteiger partial charge on any atom is -0.282 e. The molecule has 0 fully saturated rings. The van der Waals surface area contributed by atoms with E-state index in [-0.39, 0.29) is 11.3 Å². The van der Waals surface area contributed by atoms with Crippen LogP contribution in [0.4, 0.5) is 0 Å². The van der Waals surface area contributed by atoms with Crippen LogP contribution in [0.25, 0.3) is 0 Å². The molecule has 4 heteroatoms. The number of allylic oxidation sites excluding steroid dienone is 4. The molecule has 3 nitrogen and oxygen atoms in total. The Bertz CT molecular complexity index is 285. The van der Waals surface area contributed by atoms with Gasteiger partial charge in [-0.1, -0.05) is 18.2 Å². The van der Waals surface area contributed by atoms with Gasteiger partial charge in [0.25, 0.3) is 10.1 Å². The van der Waals surface area contributed by atoms with Gasteiger partial charge < -0.3 is 0 Å². The standard InChI is InChI=1S/C8H12O3S/c1-3-5-7-8(6-4-2)12(9,10)11/h3-4,7H,1-2,5-6H2,(H,9,10,11)/b8-7-. The van der Waals surface area contributed by atoms with E-state index < -0.39 is 10.1 Å². The number of hydrogen-bond donors (Lipinski definition) is 1. The molecular weight excluding hydrogens is 176 g/mol. The van der Waals surface area contributed by atoms with E-state index in [0.717, 1.165) is 0 Å². The van der Waals surface area contributed by atoms with Gasteiger partial charge in [-0.2, -0.15) is 8.42 Å². The van der Waals surface area contributed by atoms with E-state index in [2.05, 4.69) is 13.2 Å². The topological polar surface area (TPSA) is 54.4 Å². The highest BCUT2D eigenvalue weighted by atomic mass is 32.2. The molecule has 0 radical (unpaired) electrons. The molecule has 0 saturated carbocycles. The van der Waals surface area contributed by atoms with Crippen LogP contribution in [-0.4, -0.2) is 13.0 Å². The van der Waals surface area contributed by atoms with Crippen LogP contribution in [0.15, 0.2) is 36.3 Å². The first kappa shape index (κ1) is 11.1.